The molecule has 0 unspecified atom stereocenters. The van der Waals surface area contributed by atoms with Crippen molar-refractivity contribution in [3.05, 3.63) is 17.7 Å². The number of carbonyl (C=O) groups excluding carboxylic acids is 1. The van der Waals surface area contributed by atoms with Gasteiger partial charge in [0.15, 0.2) is 0 Å². The first-order chi connectivity index (χ1) is 8.83. The second-order valence-corrected chi connectivity index (χ2v) is 5.82. The highest BCUT2D eigenvalue weighted by atomic mass is 35.5. The van der Waals surface area contributed by atoms with Crippen LogP contribution < -0.4 is 10.0 Å². The van der Waals surface area contributed by atoms with Crippen molar-refractivity contribution in [1.82, 2.24) is 24.9 Å². The van der Waals surface area contributed by atoms with Crippen LogP contribution in [0.3, 0.4) is 0 Å². The van der Waals surface area contributed by atoms with Gasteiger partial charge in [-0.15, -0.1) is 0 Å². The summed E-state index contributed by atoms with van der Waals surface area (Å²) >= 11 is 5.46. The first-order valence-electron chi connectivity index (χ1n) is 5.25. The summed E-state index contributed by atoms with van der Waals surface area (Å²) < 4.78 is 25.8. The minimum Gasteiger partial charge on any atom is -0.337 e. The topological polar surface area (TPSA) is 104 Å². The first-order valence-corrected chi connectivity index (χ1v) is 7.11. The van der Waals surface area contributed by atoms with E-state index in [2.05, 4.69) is 20.0 Å². The number of sulfonamides is 1. The summed E-state index contributed by atoms with van der Waals surface area (Å²) in [5, 5.41) is 2.49. The predicted molar refractivity (Wildman–Crippen MR) is 69.3 cm³/mol. The number of nitrogens with one attached hydrogen (secondary N) is 2. The molecule has 1 aromatic rings. The van der Waals surface area contributed by atoms with Crippen LogP contribution in [0.2, 0.25) is 5.28 Å². The molecule has 10 heteroatoms. The molecule has 0 aromatic carbocycles. The van der Waals surface area contributed by atoms with Gasteiger partial charge in [-0.05, 0) is 11.6 Å². The maximum atomic E-state index is 11.8. The van der Waals surface area contributed by atoms with Crippen LogP contribution in [0.4, 0.5) is 4.79 Å². The Balaban J connectivity index is 2.48. The van der Waals surface area contributed by atoms with Gasteiger partial charge < -0.3 is 10.2 Å². The number of carbonyl (C=O) groups is 1. The largest absolute Gasteiger partial charge is 0.337 e. The number of halogens is 1. The van der Waals surface area contributed by atoms with Crippen LogP contribution >= 0.6 is 11.6 Å². The minimum atomic E-state index is -3.69. The molecule has 0 saturated heterocycles. The standard InChI is InChI=1S/C9H14ClN5O3S/c1-15(2)9(16)11-3-4-14-19(17,18)7-5-12-8(10)13-6-7/h5-6,14H,3-4H2,1-2H3,(H,11,16). The normalized spacial score (nSPS) is 11.1. The second kappa shape index (κ2) is 6.64. The number of nitrogens with zero attached hydrogens (tertiary/aromatic N) is 3. The van der Waals surface area contributed by atoms with Gasteiger partial charge in [0.05, 0.1) is 12.4 Å². The third-order valence-electron chi connectivity index (χ3n) is 2.01. The Hall–Kier alpha value is -1.45. The van der Waals surface area contributed by atoms with Crippen molar-refractivity contribution in [3.63, 3.8) is 0 Å². The fraction of sp³-hybridized carbons (Fsp3) is 0.444. The average molecular weight is 308 g/mol. The lowest BCUT2D eigenvalue weighted by Crippen LogP contribution is -2.39. The van der Waals surface area contributed by atoms with Gasteiger partial charge in [0, 0.05) is 27.2 Å². The smallest absolute Gasteiger partial charge is 0.316 e. The van der Waals surface area contributed by atoms with Crippen molar-refractivity contribution in [2.75, 3.05) is 27.2 Å². The number of hydrogen-bond acceptors (Lipinski definition) is 5. The van der Waals surface area contributed by atoms with Gasteiger partial charge in [-0.3, -0.25) is 0 Å². The third kappa shape index (κ3) is 4.97. The van der Waals surface area contributed by atoms with E-state index >= 15 is 0 Å². The van der Waals surface area contributed by atoms with Crippen molar-refractivity contribution >= 4 is 27.7 Å². The lowest BCUT2D eigenvalue weighted by atomic mass is 10.6. The molecule has 0 bridgehead atoms. The average Bonchev–Trinajstić information content (AvgIpc) is 2.34. The van der Waals surface area contributed by atoms with E-state index < -0.39 is 10.0 Å². The van der Waals surface area contributed by atoms with E-state index in [1.165, 1.54) is 4.90 Å². The zero-order valence-electron chi connectivity index (χ0n) is 10.4. The van der Waals surface area contributed by atoms with Gasteiger partial charge in [0.1, 0.15) is 4.90 Å². The van der Waals surface area contributed by atoms with Gasteiger partial charge in [0.2, 0.25) is 15.3 Å². The minimum absolute atomic E-state index is 0.0304. The van der Waals surface area contributed by atoms with Crippen molar-refractivity contribution in [2.45, 2.75) is 4.90 Å². The lowest BCUT2D eigenvalue weighted by molar-refractivity contribution is 0.217. The van der Waals surface area contributed by atoms with Crippen molar-refractivity contribution < 1.29 is 13.2 Å². The number of hydrogen-bond donors (Lipinski definition) is 2. The summed E-state index contributed by atoms with van der Waals surface area (Å²) in [6, 6.07) is -0.297. The fourth-order valence-corrected chi connectivity index (χ4v) is 2.05. The molecule has 0 saturated carbocycles. The van der Waals surface area contributed by atoms with Crippen LogP contribution in [-0.2, 0) is 10.0 Å². The number of urea groups is 1. The van der Waals surface area contributed by atoms with Crippen molar-refractivity contribution in [1.29, 1.82) is 0 Å². The maximum absolute atomic E-state index is 11.8. The van der Waals surface area contributed by atoms with Crippen molar-refractivity contribution in [3.8, 4) is 0 Å². The van der Waals surface area contributed by atoms with E-state index in [9.17, 15) is 13.2 Å². The van der Waals surface area contributed by atoms with Gasteiger partial charge in [0.25, 0.3) is 0 Å². The molecule has 0 fully saturated rings. The highest BCUT2D eigenvalue weighted by Crippen LogP contribution is 2.06. The van der Waals surface area contributed by atoms with Crippen LogP contribution in [0.1, 0.15) is 0 Å². The van der Waals surface area contributed by atoms with E-state index in [4.69, 9.17) is 11.6 Å². The zero-order chi connectivity index (χ0) is 14.5. The Bertz CT molecular complexity index is 531. The van der Waals surface area contributed by atoms with Gasteiger partial charge in [-0.25, -0.2) is 27.9 Å². The SMILES string of the molecule is CN(C)C(=O)NCCNS(=O)(=O)c1cnc(Cl)nc1. The first kappa shape index (κ1) is 15.6. The van der Waals surface area contributed by atoms with Crippen molar-refractivity contribution in [2.24, 2.45) is 0 Å². The van der Waals surface area contributed by atoms with Crippen LogP contribution in [0.25, 0.3) is 0 Å². The highest BCUT2D eigenvalue weighted by Gasteiger charge is 2.14. The highest BCUT2D eigenvalue weighted by molar-refractivity contribution is 7.89. The Morgan fingerprint density at radius 3 is 2.42 bits per heavy atom. The van der Waals surface area contributed by atoms with Crippen LogP contribution in [0, 0.1) is 0 Å². The van der Waals surface area contributed by atoms with Crippen LogP contribution in [-0.4, -0.2) is 56.5 Å². The van der Waals surface area contributed by atoms with E-state index in [1.807, 2.05) is 0 Å². The lowest BCUT2D eigenvalue weighted by Gasteiger charge is -2.12. The number of amides is 2. The summed E-state index contributed by atoms with van der Waals surface area (Å²) in [7, 11) is -0.518. The Morgan fingerprint density at radius 1 is 1.32 bits per heavy atom. The van der Waals surface area contributed by atoms with E-state index in [-0.39, 0.29) is 29.3 Å². The quantitative estimate of drug-likeness (QED) is 0.573. The Kier molecular flexibility index (Phi) is 5.45. The molecule has 0 atom stereocenters. The van der Waals surface area contributed by atoms with E-state index in [0.29, 0.717) is 0 Å². The fourth-order valence-electron chi connectivity index (χ4n) is 1.04. The predicted octanol–water partition coefficient (Wildman–Crippen LogP) is -0.320. The molecule has 19 heavy (non-hydrogen) atoms. The molecule has 0 aliphatic heterocycles. The molecule has 2 N–H and O–H groups in total. The molecule has 0 aliphatic rings. The Labute approximate surface area is 116 Å². The summed E-state index contributed by atoms with van der Waals surface area (Å²) in [5.74, 6) is 0. The molecular formula is C9H14ClN5O3S. The molecule has 1 rings (SSSR count). The molecule has 106 valence electrons. The molecular weight excluding hydrogens is 294 g/mol. The molecule has 0 spiro atoms. The molecule has 0 aliphatic carbocycles. The molecule has 0 radical (unpaired) electrons. The van der Waals surface area contributed by atoms with Gasteiger partial charge >= 0.3 is 6.03 Å². The molecule has 1 aromatic heterocycles. The second-order valence-electron chi connectivity index (χ2n) is 3.71. The van der Waals surface area contributed by atoms with E-state index in [0.717, 1.165) is 12.4 Å². The van der Waals surface area contributed by atoms with Crippen LogP contribution in [0.15, 0.2) is 17.3 Å². The zero-order valence-corrected chi connectivity index (χ0v) is 12.0. The summed E-state index contributed by atoms with van der Waals surface area (Å²) in [4.78, 5) is 19.6. The Morgan fingerprint density at radius 2 is 1.89 bits per heavy atom. The molecule has 1 heterocycles. The monoisotopic (exact) mass is 307 g/mol. The molecule has 2 amide bonds. The third-order valence-corrected chi connectivity index (χ3v) is 3.62. The number of rotatable bonds is 5. The molecule has 8 nitrogen and oxygen atoms in total. The summed E-state index contributed by atoms with van der Waals surface area (Å²) in [6.45, 7) is 0.231. The maximum Gasteiger partial charge on any atom is 0.316 e. The van der Waals surface area contributed by atoms with Gasteiger partial charge in [-0.2, -0.15) is 0 Å². The van der Waals surface area contributed by atoms with E-state index in [1.54, 1.807) is 14.1 Å². The summed E-state index contributed by atoms with van der Waals surface area (Å²) in [6.07, 6.45) is 2.21. The van der Waals surface area contributed by atoms with Gasteiger partial charge in [-0.1, -0.05) is 0 Å². The summed E-state index contributed by atoms with van der Waals surface area (Å²) in [5.41, 5.74) is 0. The number of aromatic nitrogens is 2. The van der Waals surface area contributed by atoms with Crippen LogP contribution in [0.5, 0.6) is 0 Å².